The molecule has 1 aliphatic heterocycles. The van der Waals surface area contributed by atoms with E-state index < -0.39 is 0 Å². The lowest BCUT2D eigenvalue weighted by Crippen LogP contribution is -2.26. The van der Waals surface area contributed by atoms with Crippen LogP contribution < -0.4 is 4.74 Å². The van der Waals surface area contributed by atoms with E-state index in [1.807, 2.05) is 53.9 Å². The van der Waals surface area contributed by atoms with Crippen molar-refractivity contribution >= 4 is 23.0 Å². The quantitative estimate of drug-likeness (QED) is 0.702. The molecule has 0 radical (unpaired) electrons. The minimum Gasteiger partial charge on any atom is -0.497 e. The van der Waals surface area contributed by atoms with Crippen LogP contribution in [0.3, 0.4) is 0 Å². The molecule has 0 spiro atoms. The van der Waals surface area contributed by atoms with Crippen molar-refractivity contribution in [2.24, 2.45) is 5.10 Å². The van der Waals surface area contributed by atoms with Gasteiger partial charge in [-0.25, -0.2) is 5.01 Å². The third-order valence-corrected chi connectivity index (χ3v) is 4.98. The summed E-state index contributed by atoms with van der Waals surface area (Å²) in [5, 5.41) is 8.03. The molecule has 1 aliphatic rings. The first-order chi connectivity index (χ1) is 12.3. The van der Waals surface area contributed by atoms with Crippen LogP contribution in [0.2, 0.25) is 0 Å². The first-order valence-corrected chi connectivity index (χ1v) is 8.76. The highest BCUT2D eigenvalue weighted by Crippen LogP contribution is 2.35. The van der Waals surface area contributed by atoms with Gasteiger partial charge in [0, 0.05) is 12.0 Å². The van der Waals surface area contributed by atoms with Gasteiger partial charge in [0.05, 0.1) is 24.0 Å². The van der Waals surface area contributed by atoms with Gasteiger partial charge in [0.2, 0.25) is 0 Å². The summed E-state index contributed by atoms with van der Waals surface area (Å²) < 4.78 is 10.9. The fraction of sp³-hybridized carbons (Fsp3) is 0.158. The molecule has 0 saturated heterocycles. The Balaban J connectivity index is 1.71. The van der Waals surface area contributed by atoms with Crippen molar-refractivity contribution in [3.63, 3.8) is 0 Å². The lowest BCUT2D eigenvalue weighted by molar-refractivity contribution is 0.0698. The summed E-state index contributed by atoms with van der Waals surface area (Å²) in [6.07, 6.45) is 2.21. The molecule has 5 nitrogen and oxygen atoms in total. The first-order valence-electron chi connectivity index (χ1n) is 7.88. The third kappa shape index (κ3) is 2.96. The predicted molar refractivity (Wildman–Crippen MR) is 96.1 cm³/mol. The van der Waals surface area contributed by atoms with Crippen molar-refractivity contribution in [1.29, 1.82) is 0 Å². The van der Waals surface area contributed by atoms with Crippen LogP contribution in [0.5, 0.6) is 5.75 Å². The van der Waals surface area contributed by atoms with E-state index in [-0.39, 0.29) is 11.9 Å². The van der Waals surface area contributed by atoms with Gasteiger partial charge >= 0.3 is 0 Å². The predicted octanol–water partition coefficient (Wildman–Crippen LogP) is 4.34. The number of carbonyl (C=O) groups excluding carboxylic acids is 1. The summed E-state index contributed by atoms with van der Waals surface area (Å²) in [7, 11) is 1.63. The highest BCUT2D eigenvalue weighted by Gasteiger charge is 2.35. The van der Waals surface area contributed by atoms with Crippen molar-refractivity contribution in [3.8, 4) is 5.75 Å². The second-order valence-electron chi connectivity index (χ2n) is 5.64. The number of furan rings is 1. The topological polar surface area (TPSA) is 55.0 Å². The van der Waals surface area contributed by atoms with Gasteiger partial charge in [-0.05, 0) is 35.7 Å². The number of hydrogen-bond donors (Lipinski definition) is 0. The number of thiophene rings is 1. The van der Waals surface area contributed by atoms with Crippen LogP contribution in [0, 0.1) is 0 Å². The van der Waals surface area contributed by atoms with E-state index in [4.69, 9.17) is 9.15 Å². The third-order valence-electron chi connectivity index (χ3n) is 4.12. The number of methoxy groups -OCH3 is 1. The second-order valence-corrected chi connectivity index (χ2v) is 6.59. The molecule has 3 heterocycles. The minimum absolute atomic E-state index is 0.116. The number of hydrogen-bond acceptors (Lipinski definition) is 5. The Bertz CT molecular complexity index is 901. The zero-order chi connectivity index (χ0) is 17.2. The Morgan fingerprint density at radius 3 is 2.92 bits per heavy atom. The van der Waals surface area contributed by atoms with Crippen LogP contribution in [0.4, 0.5) is 0 Å². The summed E-state index contributed by atoms with van der Waals surface area (Å²) in [5.41, 5.74) is 1.78. The van der Waals surface area contributed by atoms with Gasteiger partial charge < -0.3 is 9.15 Å². The number of carbonyl (C=O) groups is 1. The van der Waals surface area contributed by atoms with Gasteiger partial charge in [-0.15, -0.1) is 11.3 Å². The maximum Gasteiger partial charge on any atom is 0.284 e. The molecule has 0 fully saturated rings. The molecular formula is C19H16N2O3S. The average molecular weight is 352 g/mol. The number of benzene rings is 1. The summed E-state index contributed by atoms with van der Waals surface area (Å²) in [4.78, 5) is 13.5. The van der Waals surface area contributed by atoms with Crippen LogP contribution in [-0.2, 0) is 0 Å². The number of rotatable bonds is 4. The SMILES string of the molecule is COc1cccc(C2=NN(C(=O)c3cccs3)[C@@H](c3ccco3)C2)c1. The largest absolute Gasteiger partial charge is 0.497 e. The van der Waals surface area contributed by atoms with E-state index in [0.29, 0.717) is 11.3 Å². The van der Waals surface area contributed by atoms with Crippen LogP contribution in [-0.4, -0.2) is 23.7 Å². The zero-order valence-electron chi connectivity index (χ0n) is 13.6. The highest BCUT2D eigenvalue weighted by molar-refractivity contribution is 7.12. The maximum absolute atomic E-state index is 12.9. The number of nitrogens with zero attached hydrogens (tertiary/aromatic N) is 2. The molecule has 0 saturated carbocycles. The molecule has 0 N–H and O–H groups in total. The minimum atomic E-state index is -0.245. The molecule has 0 aliphatic carbocycles. The van der Waals surface area contributed by atoms with E-state index >= 15 is 0 Å². The molecule has 1 aromatic carbocycles. The fourth-order valence-electron chi connectivity index (χ4n) is 2.89. The Labute approximate surface area is 149 Å². The van der Waals surface area contributed by atoms with Gasteiger partial charge in [-0.3, -0.25) is 4.79 Å². The van der Waals surface area contributed by atoms with Gasteiger partial charge in [0.15, 0.2) is 0 Å². The van der Waals surface area contributed by atoms with Crippen molar-refractivity contribution in [2.75, 3.05) is 7.11 Å². The summed E-state index contributed by atoms with van der Waals surface area (Å²) in [6.45, 7) is 0. The van der Waals surface area contributed by atoms with Gasteiger partial charge in [-0.2, -0.15) is 5.10 Å². The van der Waals surface area contributed by atoms with E-state index in [1.54, 1.807) is 13.4 Å². The van der Waals surface area contributed by atoms with E-state index in [9.17, 15) is 4.79 Å². The summed E-state index contributed by atoms with van der Waals surface area (Å²) >= 11 is 1.41. The molecular weight excluding hydrogens is 336 g/mol. The molecule has 1 atom stereocenters. The van der Waals surface area contributed by atoms with Gasteiger partial charge in [0.1, 0.15) is 17.6 Å². The molecule has 0 bridgehead atoms. The molecule has 4 rings (SSSR count). The lowest BCUT2D eigenvalue weighted by Gasteiger charge is -2.19. The molecule has 6 heteroatoms. The molecule has 126 valence electrons. The van der Waals surface area contributed by atoms with E-state index in [1.165, 1.54) is 16.3 Å². The lowest BCUT2D eigenvalue weighted by atomic mass is 10.0. The Morgan fingerprint density at radius 1 is 1.28 bits per heavy atom. The van der Waals surface area contributed by atoms with E-state index in [2.05, 4.69) is 5.10 Å². The smallest absolute Gasteiger partial charge is 0.284 e. The van der Waals surface area contributed by atoms with Crippen LogP contribution >= 0.6 is 11.3 Å². The Hall–Kier alpha value is -2.86. The number of amides is 1. The van der Waals surface area contributed by atoms with Crippen LogP contribution in [0.15, 0.2) is 69.7 Å². The summed E-state index contributed by atoms with van der Waals surface area (Å²) in [6, 6.07) is 14.8. The standard InChI is InChI=1S/C19H16N2O3S/c1-23-14-6-2-5-13(11-14)15-12-16(17-7-3-9-24-17)21(20-15)19(22)18-8-4-10-25-18/h2-11,16H,12H2,1H3/t16-/m1/s1. The molecule has 25 heavy (non-hydrogen) atoms. The molecule has 1 amide bonds. The van der Waals surface area contributed by atoms with Crippen molar-refractivity contribution < 1.29 is 13.9 Å². The summed E-state index contributed by atoms with van der Waals surface area (Å²) in [5.74, 6) is 1.37. The first kappa shape index (κ1) is 15.7. The normalized spacial score (nSPS) is 16.8. The zero-order valence-corrected chi connectivity index (χ0v) is 14.4. The Kier molecular flexibility index (Phi) is 4.11. The van der Waals surface area contributed by atoms with Crippen molar-refractivity contribution in [1.82, 2.24) is 5.01 Å². The van der Waals surface area contributed by atoms with Crippen LogP contribution in [0.1, 0.15) is 33.5 Å². The number of hydrazone groups is 1. The average Bonchev–Trinajstić information content (AvgIpc) is 3.42. The van der Waals surface area contributed by atoms with Crippen molar-refractivity contribution in [2.45, 2.75) is 12.5 Å². The molecule has 3 aromatic rings. The Morgan fingerprint density at radius 2 is 2.20 bits per heavy atom. The maximum atomic E-state index is 12.9. The fourth-order valence-corrected chi connectivity index (χ4v) is 3.55. The number of ether oxygens (including phenoxy) is 1. The molecule has 0 unspecified atom stereocenters. The highest BCUT2D eigenvalue weighted by atomic mass is 32.1. The molecule has 2 aromatic heterocycles. The van der Waals surface area contributed by atoms with Gasteiger partial charge in [-0.1, -0.05) is 18.2 Å². The van der Waals surface area contributed by atoms with Gasteiger partial charge in [0.25, 0.3) is 5.91 Å². The monoisotopic (exact) mass is 352 g/mol. The van der Waals surface area contributed by atoms with E-state index in [0.717, 1.165) is 22.8 Å². The van der Waals surface area contributed by atoms with Crippen molar-refractivity contribution in [3.05, 3.63) is 76.4 Å². The second kappa shape index (κ2) is 6.57. The van der Waals surface area contributed by atoms with Crippen LogP contribution in [0.25, 0.3) is 0 Å².